The van der Waals surface area contributed by atoms with Crippen LogP contribution in [0.5, 0.6) is 0 Å². The monoisotopic (exact) mass is 353 g/mol. The van der Waals surface area contributed by atoms with Crippen molar-refractivity contribution in [1.29, 1.82) is 0 Å². The average molecular weight is 353 g/mol. The van der Waals surface area contributed by atoms with Gasteiger partial charge >= 0.3 is 0 Å². The zero-order chi connectivity index (χ0) is 18.5. The molecule has 0 saturated heterocycles. The number of hydrogen-bond acceptors (Lipinski definition) is 5. The van der Waals surface area contributed by atoms with Crippen molar-refractivity contribution >= 4 is 16.9 Å². The molecule has 1 amide bonds. The molecular weight excluding hydrogens is 334 g/mol. The first-order valence-corrected chi connectivity index (χ1v) is 8.33. The highest BCUT2D eigenvalue weighted by molar-refractivity contribution is 5.76. The summed E-state index contributed by atoms with van der Waals surface area (Å²) in [6, 6.07) is 8.67. The molecule has 26 heavy (non-hydrogen) atoms. The number of H-pyrrole nitrogens is 2. The summed E-state index contributed by atoms with van der Waals surface area (Å²) in [5, 5.41) is 2.77. The van der Waals surface area contributed by atoms with E-state index in [9.17, 15) is 14.4 Å². The van der Waals surface area contributed by atoms with E-state index in [2.05, 4.69) is 25.3 Å². The predicted octanol–water partition coefficient (Wildman–Crippen LogP) is 0.606. The van der Waals surface area contributed by atoms with E-state index in [0.29, 0.717) is 41.2 Å². The van der Waals surface area contributed by atoms with Gasteiger partial charge in [0.2, 0.25) is 5.91 Å². The molecule has 0 aliphatic heterocycles. The summed E-state index contributed by atoms with van der Waals surface area (Å²) in [7, 11) is 0. The number of carbonyl (C=O) groups is 1. The number of aryl methyl sites for hydroxylation is 2. The van der Waals surface area contributed by atoms with Crippen molar-refractivity contribution < 1.29 is 4.79 Å². The number of para-hydroxylation sites is 2. The number of rotatable bonds is 6. The molecule has 0 aliphatic rings. The van der Waals surface area contributed by atoms with Crippen molar-refractivity contribution in [2.24, 2.45) is 0 Å². The van der Waals surface area contributed by atoms with Crippen LogP contribution in [0.1, 0.15) is 23.6 Å². The number of aromatic amines is 2. The van der Waals surface area contributed by atoms with Crippen LogP contribution in [0.3, 0.4) is 0 Å². The van der Waals surface area contributed by atoms with Crippen LogP contribution in [0.15, 0.2) is 39.9 Å². The third-order valence-corrected chi connectivity index (χ3v) is 3.88. The van der Waals surface area contributed by atoms with Gasteiger partial charge < -0.3 is 15.3 Å². The van der Waals surface area contributed by atoms with Crippen LogP contribution in [-0.2, 0) is 17.6 Å². The highest BCUT2D eigenvalue weighted by Gasteiger charge is 2.08. The molecule has 8 heteroatoms. The van der Waals surface area contributed by atoms with Gasteiger partial charge in [-0.2, -0.15) is 0 Å². The Morgan fingerprint density at radius 3 is 2.73 bits per heavy atom. The molecule has 0 saturated carbocycles. The Labute approximate surface area is 148 Å². The Morgan fingerprint density at radius 1 is 1.12 bits per heavy atom. The number of fused-ring (bicyclic) bond motifs is 1. The van der Waals surface area contributed by atoms with Crippen molar-refractivity contribution in [1.82, 2.24) is 25.3 Å². The van der Waals surface area contributed by atoms with Gasteiger partial charge in [-0.1, -0.05) is 12.1 Å². The van der Waals surface area contributed by atoms with E-state index in [-0.39, 0.29) is 29.9 Å². The lowest BCUT2D eigenvalue weighted by atomic mass is 10.2. The first-order chi connectivity index (χ1) is 12.5. The average Bonchev–Trinajstić information content (AvgIpc) is 2.59. The molecule has 0 radical (unpaired) electrons. The third kappa shape index (κ3) is 4.41. The quantitative estimate of drug-likeness (QED) is 0.599. The van der Waals surface area contributed by atoms with Crippen molar-refractivity contribution in [2.75, 3.05) is 6.54 Å². The van der Waals surface area contributed by atoms with E-state index in [1.165, 1.54) is 6.07 Å². The Balaban J connectivity index is 1.53. The fourth-order valence-corrected chi connectivity index (χ4v) is 2.66. The van der Waals surface area contributed by atoms with Gasteiger partial charge in [0.05, 0.1) is 11.0 Å². The fourth-order valence-electron chi connectivity index (χ4n) is 2.66. The molecule has 0 unspecified atom stereocenters. The minimum Gasteiger partial charge on any atom is -0.356 e. The maximum Gasteiger partial charge on any atom is 0.270 e. The molecular formula is C18H19N5O3. The van der Waals surface area contributed by atoms with Crippen LogP contribution < -0.4 is 16.4 Å². The molecule has 134 valence electrons. The lowest BCUT2D eigenvalue weighted by molar-refractivity contribution is -0.121. The molecule has 3 rings (SSSR count). The molecule has 8 nitrogen and oxygen atoms in total. The molecule has 3 aromatic rings. The van der Waals surface area contributed by atoms with E-state index < -0.39 is 0 Å². The SMILES string of the molecule is Cc1nc(CCNC(=O)CCc2nc3ccccc3[nH]c2=O)cc(=O)[nH]1. The summed E-state index contributed by atoms with van der Waals surface area (Å²) in [6.45, 7) is 2.08. The van der Waals surface area contributed by atoms with Crippen molar-refractivity contribution in [2.45, 2.75) is 26.2 Å². The lowest BCUT2D eigenvalue weighted by Gasteiger charge is -2.06. The number of aromatic nitrogens is 4. The van der Waals surface area contributed by atoms with Crippen LogP contribution in [0.2, 0.25) is 0 Å². The Kier molecular flexibility index (Phi) is 5.21. The van der Waals surface area contributed by atoms with Crippen LogP contribution in [0.4, 0.5) is 0 Å². The van der Waals surface area contributed by atoms with Gasteiger partial charge in [0.1, 0.15) is 11.5 Å². The predicted molar refractivity (Wildman–Crippen MR) is 97.0 cm³/mol. The normalized spacial score (nSPS) is 10.8. The summed E-state index contributed by atoms with van der Waals surface area (Å²) in [5.41, 5.74) is 1.84. The largest absolute Gasteiger partial charge is 0.356 e. The molecule has 2 heterocycles. The summed E-state index contributed by atoms with van der Waals surface area (Å²) in [6.07, 6.45) is 0.885. The zero-order valence-corrected chi connectivity index (χ0v) is 14.3. The highest BCUT2D eigenvalue weighted by Crippen LogP contribution is 2.06. The second-order valence-corrected chi connectivity index (χ2v) is 5.95. The molecule has 0 spiro atoms. The van der Waals surface area contributed by atoms with Gasteiger partial charge in [-0.15, -0.1) is 0 Å². The van der Waals surface area contributed by atoms with Gasteiger partial charge in [0, 0.05) is 37.6 Å². The van der Waals surface area contributed by atoms with Gasteiger partial charge in [-0.05, 0) is 19.1 Å². The number of carbonyl (C=O) groups excluding carboxylic acids is 1. The fraction of sp³-hybridized carbons (Fsp3) is 0.278. The van der Waals surface area contributed by atoms with E-state index in [0.717, 1.165) is 0 Å². The van der Waals surface area contributed by atoms with E-state index in [1.54, 1.807) is 13.0 Å². The van der Waals surface area contributed by atoms with Crippen molar-refractivity contribution in [3.8, 4) is 0 Å². The van der Waals surface area contributed by atoms with Crippen molar-refractivity contribution in [3.63, 3.8) is 0 Å². The van der Waals surface area contributed by atoms with Crippen molar-refractivity contribution in [3.05, 3.63) is 68.3 Å². The highest BCUT2D eigenvalue weighted by atomic mass is 16.1. The van der Waals surface area contributed by atoms with E-state index in [4.69, 9.17) is 0 Å². The second kappa shape index (κ2) is 7.73. The minimum atomic E-state index is -0.278. The third-order valence-electron chi connectivity index (χ3n) is 3.88. The smallest absolute Gasteiger partial charge is 0.270 e. The van der Waals surface area contributed by atoms with Crippen LogP contribution in [-0.4, -0.2) is 32.4 Å². The number of nitrogens with zero attached hydrogens (tertiary/aromatic N) is 2. The summed E-state index contributed by atoms with van der Waals surface area (Å²) in [5.74, 6) is 0.362. The van der Waals surface area contributed by atoms with Gasteiger partial charge in [0.15, 0.2) is 0 Å². The lowest BCUT2D eigenvalue weighted by Crippen LogP contribution is -2.27. The topological polar surface area (TPSA) is 121 Å². The second-order valence-electron chi connectivity index (χ2n) is 5.95. The minimum absolute atomic E-state index is 0.163. The maximum atomic E-state index is 12.0. The summed E-state index contributed by atoms with van der Waals surface area (Å²) in [4.78, 5) is 49.2. The Bertz CT molecular complexity index is 1050. The zero-order valence-electron chi connectivity index (χ0n) is 14.3. The van der Waals surface area contributed by atoms with Crippen LogP contribution in [0.25, 0.3) is 11.0 Å². The van der Waals surface area contributed by atoms with Gasteiger partial charge in [-0.3, -0.25) is 14.4 Å². The molecule has 0 atom stereocenters. The molecule has 1 aromatic carbocycles. The first-order valence-electron chi connectivity index (χ1n) is 8.33. The van der Waals surface area contributed by atoms with Gasteiger partial charge in [-0.25, -0.2) is 9.97 Å². The Hall–Kier alpha value is -3.29. The molecule has 0 aliphatic carbocycles. The number of nitrogens with one attached hydrogen (secondary N) is 3. The molecule has 2 aromatic heterocycles. The standard InChI is InChI=1S/C18H19N5O3/c1-11-20-12(10-17(25)21-11)8-9-19-16(24)7-6-15-18(26)23-14-5-3-2-4-13(14)22-15/h2-5,10H,6-9H2,1H3,(H,19,24)(H,23,26)(H,20,21,25). The van der Waals surface area contributed by atoms with E-state index >= 15 is 0 Å². The summed E-state index contributed by atoms with van der Waals surface area (Å²) >= 11 is 0. The number of amides is 1. The van der Waals surface area contributed by atoms with Crippen LogP contribution in [0, 0.1) is 6.92 Å². The maximum absolute atomic E-state index is 12.0. The van der Waals surface area contributed by atoms with Gasteiger partial charge in [0.25, 0.3) is 11.1 Å². The number of benzene rings is 1. The van der Waals surface area contributed by atoms with E-state index in [1.807, 2.05) is 18.2 Å². The number of hydrogen-bond donors (Lipinski definition) is 3. The summed E-state index contributed by atoms with van der Waals surface area (Å²) < 4.78 is 0. The van der Waals surface area contributed by atoms with Crippen LogP contribution >= 0.6 is 0 Å². The first kappa shape index (κ1) is 17.5. The molecule has 0 bridgehead atoms. The Morgan fingerprint density at radius 2 is 1.92 bits per heavy atom. The molecule has 3 N–H and O–H groups in total. The molecule has 0 fully saturated rings.